The predicted octanol–water partition coefficient (Wildman–Crippen LogP) is 11.1. The van der Waals surface area contributed by atoms with Crippen LogP contribution in [0.15, 0.2) is 91.0 Å². The van der Waals surface area contributed by atoms with Crippen LogP contribution in [0.25, 0.3) is 0 Å². The molecular formula is C42H66O6. The van der Waals surface area contributed by atoms with Crippen LogP contribution in [0.3, 0.4) is 0 Å². The van der Waals surface area contributed by atoms with E-state index >= 15 is 0 Å². The van der Waals surface area contributed by atoms with Gasteiger partial charge in [-0.1, -0.05) is 138 Å². The molecule has 0 fully saturated rings. The fraction of sp³-hybridized carbons (Fsp3) is 0.500. The molecule has 48 heavy (non-hydrogen) atoms. The number of carbonyl (C=O) groups is 3. The molecular weight excluding hydrogens is 600 g/mol. The van der Waals surface area contributed by atoms with E-state index in [4.69, 9.17) is 14.2 Å². The molecule has 0 aliphatic carbocycles. The maximum absolute atomic E-state index is 11.8. The van der Waals surface area contributed by atoms with E-state index in [0.717, 1.165) is 17.2 Å². The molecule has 1 unspecified atom stereocenters. The van der Waals surface area contributed by atoms with Crippen molar-refractivity contribution in [1.29, 1.82) is 0 Å². The third-order valence-corrected chi connectivity index (χ3v) is 6.03. The van der Waals surface area contributed by atoms with Crippen LogP contribution in [0.1, 0.15) is 104 Å². The van der Waals surface area contributed by atoms with Gasteiger partial charge in [-0.25, -0.2) is 0 Å². The highest BCUT2D eigenvalue weighted by molar-refractivity contribution is 5.88. The van der Waals surface area contributed by atoms with Gasteiger partial charge < -0.3 is 14.2 Å². The normalized spacial score (nSPS) is 10.4. The van der Waals surface area contributed by atoms with E-state index in [2.05, 4.69) is 0 Å². The molecule has 0 amide bonds. The van der Waals surface area contributed by atoms with Gasteiger partial charge in [-0.15, -0.1) is 0 Å². The molecule has 0 N–H and O–H groups in total. The number of ketones is 3. The monoisotopic (exact) mass is 666 g/mol. The molecule has 270 valence electrons. The van der Waals surface area contributed by atoms with Gasteiger partial charge in [-0.3, -0.25) is 14.4 Å². The Morgan fingerprint density at radius 2 is 0.917 bits per heavy atom. The third-order valence-electron chi connectivity index (χ3n) is 6.03. The molecule has 1 atom stereocenters. The van der Waals surface area contributed by atoms with Crippen LogP contribution in [-0.4, -0.2) is 35.7 Å². The maximum atomic E-state index is 11.8. The van der Waals surface area contributed by atoms with Crippen LogP contribution >= 0.6 is 0 Å². The van der Waals surface area contributed by atoms with Gasteiger partial charge in [0.05, 0.1) is 0 Å². The van der Waals surface area contributed by atoms with Crippen molar-refractivity contribution >= 4 is 17.3 Å². The Kier molecular flexibility index (Phi) is 29.5. The molecule has 3 rings (SSSR count). The molecule has 0 spiro atoms. The van der Waals surface area contributed by atoms with Gasteiger partial charge in [-0.2, -0.15) is 0 Å². The van der Waals surface area contributed by atoms with Gasteiger partial charge in [0.2, 0.25) is 0 Å². The highest BCUT2D eigenvalue weighted by Gasteiger charge is 2.31. The molecule has 3 aromatic carbocycles. The van der Waals surface area contributed by atoms with Crippen LogP contribution in [0, 0.1) is 17.8 Å². The smallest absolute Gasteiger partial charge is 0.178 e. The van der Waals surface area contributed by atoms with Crippen molar-refractivity contribution in [2.75, 3.05) is 6.61 Å². The quantitative estimate of drug-likeness (QED) is 0.191. The minimum absolute atomic E-state index is 0.0105. The average molecular weight is 667 g/mol. The zero-order valence-corrected chi connectivity index (χ0v) is 32.6. The summed E-state index contributed by atoms with van der Waals surface area (Å²) in [6.45, 7) is 28.9. The molecule has 6 heteroatoms. The molecule has 6 nitrogen and oxygen atoms in total. The van der Waals surface area contributed by atoms with E-state index in [-0.39, 0.29) is 47.8 Å². The Labute approximate surface area is 293 Å². The second-order valence-electron chi connectivity index (χ2n) is 11.3. The van der Waals surface area contributed by atoms with Crippen LogP contribution in [-0.2, 0) is 14.4 Å². The Morgan fingerprint density at radius 1 is 0.542 bits per heavy atom. The van der Waals surface area contributed by atoms with Crippen LogP contribution in [0.5, 0.6) is 17.2 Å². The fourth-order valence-corrected chi connectivity index (χ4v) is 3.60. The van der Waals surface area contributed by atoms with Crippen LogP contribution in [0.4, 0.5) is 0 Å². The summed E-state index contributed by atoms with van der Waals surface area (Å²) in [5.41, 5.74) is -0.754. The minimum Gasteiger partial charge on any atom is -0.486 e. The number of Topliss-reactive ketones (excluding diaryl/α,β-unsaturated/α-hetero) is 3. The first kappa shape index (κ1) is 48.5. The zero-order valence-electron chi connectivity index (χ0n) is 32.6. The number of benzene rings is 3. The topological polar surface area (TPSA) is 78.9 Å². The molecule has 0 saturated carbocycles. The summed E-state index contributed by atoms with van der Waals surface area (Å²) in [5.74, 6) is 2.66. The Balaban J connectivity index is -0.000000586. The molecule has 0 aliphatic heterocycles. The third kappa shape index (κ3) is 22.6. The lowest BCUT2D eigenvalue weighted by atomic mass is 9.94. The number of para-hydroxylation sites is 3. The van der Waals surface area contributed by atoms with Gasteiger partial charge in [0.25, 0.3) is 0 Å². The van der Waals surface area contributed by atoms with Crippen molar-refractivity contribution in [3.8, 4) is 17.2 Å². The maximum Gasteiger partial charge on any atom is 0.178 e. The lowest BCUT2D eigenvalue weighted by Gasteiger charge is -2.26. The summed E-state index contributed by atoms with van der Waals surface area (Å²) in [7, 11) is 0. The zero-order chi connectivity index (χ0) is 37.7. The Hall–Kier alpha value is -3.93. The summed E-state index contributed by atoms with van der Waals surface area (Å²) in [5, 5.41) is 0. The molecule has 0 radical (unpaired) electrons. The average Bonchev–Trinajstić information content (AvgIpc) is 3.10. The van der Waals surface area contributed by atoms with E-state index in [1.165, 1.54) is 0 Å². The van der Waals surface area contributed by atoms with E-state index in [0.29, 0.717) is 0 Å². The molecule has 0 bridgehead atoms. The van der Waals surface area contributed by atoms with Gasteiger partial charge in [0.15, 0.2) is 29.1 Å². The van der Waals surface area contributed by atoms with Crippen molar-refractivity contribution < 1.29 is 28.6 Å². The number of ether oxygens (including phenoxy) is 3. The number of carbonyl (C=O) groups excluding carboxylic acids is 3. The number of rotatable bonds is 12. The number of hydrogen-bond donors (Lipinski definition) is 0. The van der Waals surface area contributed by atoms with E-state index in [9.17, 15) is 14.4 Å². The molecule has 0 aliphatic rings. The molecule has 0 heterocycles. The second-order valence-corrected chi connectivity index (χ2v) is 11.3. The second kappa shape index (κ2) is 29.2. The molecule has 0 saturated heterocycles. The summed E-state index contributed by atoms with van der Waals surface area (Å²) in [6.07, 6.45) is -0.364. The summed E-state index contributed by atoms with van der Waals surface area (Å²) < 4.78 is 16.4. The van der Waals surface area contributed by atoms with E-state index in [1.807, 2.05) is 188 Å². The summed E-state index contributed by atoms with van der Waals surface area (Å²) >= 11 is 0. The summed E-state index contributed by atoms with van der Waals surface area (Å²) in [6, 6.07) is 28.2. The SMILES string of the molecule is CC.CC.CC.CC(C)C(=O)C(C)(C)Oc1ccccc1.CC(C)C(=O)C(C)Oc1ccccc1.CC(C)C(=O)COc1ccccc1. The van der Waals surface area contributed by atoms with Crippen molar-refractivity contribution in [3.63, 3.8) is 0 Å². The predicted molar refractivity (Wildman–Crippen MR) is 203 cm³/mol. The van der Waals surface area contributed by atoms with Crippen molar-refractivity contribution in [1.82, 2.24) is 0 Å². The Bertz CT molecular complexity index is 1190. The molecule has 3 aromatic rings. The van der Waals surface area contributed by atoms with E-state index in [1.54, 1.807) is 6.92 Å². The lowest BCUT2D eigenvalue weighted by molar-refractivity contribution is -0.135. The van der Waals surface area contributed by atoms with Gasteiger partial charge in [-0.05, 0) is 57.2 Å². The summed E-state index contributed by atoms with van der Waals surface area (Å²) in [4.78, 5) is 34.6. The van der Waals surface area contributed by atoms with Gasteiger partial charge in [0, 0.05) is 17.8 Å². The molecule has 0 aromatic heterocycles. The van der Waals surface area contributed by atoms with Gasteiger partial charge in [0.1, 0.15) is 23.9 Å². The van der Waals surface area contributed by atoms with Crippen LogP contribution in [0.2, 0.25) is 0 Å². The highest BCUT2D eigenvalue weighted by Crippen LogP contribution is 2.21. The fourth-order valence-electron chi connectivity index (χ4n) is 3.60. The van der Waals surface area contributed by atoms with E-state index < -0.39 is 5.60 Å². The Morgan fingerprint density at radius 3 is 1.27 bits per heavy atom. The standard InChI is InChI=1S/C13H18O2.C12H16O2.C11H14O2.3C2H6/c1-10(2)12(14)13(3,4)15-11-8-6-5-7-9-11;1-9(2)12(13)10(3)14-11-7-5-4-6-8-11;1-9(2)11(12)8-13-10-6-4-3-5-7-10;3*1-2/h5-10H,1-4H3;4-10H,1-3H3;3-7,9H,8H2,1-2H3;3*1-2H3. The number of hydrogen-bond acceptors (Lipinski definition) is 6. The first-order chi connectivity index (χ1) is 22.7. The van der Waals surface area contributed by atoms with Gasteiger partial charge >= 0.3 is 0 Å². The minimum atomic E-state index is -0.754. The lowest BCUT2D eigenvalue weighted by Crippen LogP contribution is -2.40. The first-order valence-electron chi connectivity index (χ1n) is 17.5. The highest BCUT2D eigenvalue weighted by atomic mass is 16.5. The largest absolute Gasteiger partial charge is 0.486 e. The van der Waals surface area contributed by atoms with Crippen molar-refractivity contribution in [2.24, 2.45) is 17.8 Å². The van der Waals surface area contributed by atoms with Crippen molar-refractivity contribution in [3.05, 3.63) is 91.0 Å². The van der Waals surface area contributed by atoms with Crippen LogP contribution < -0.4 is 14.2 Å². The first-order valence-corrected chi connectivity index (χ1v) is 17.5. The van der Waals surface area contributed by atoms with Crippen molar-refractivity contribution in [2.45, 2.75) is 116 Å².